The van der Waals surface area contributed by atoms with Crippen LogP contribution in [0, 0.1) is 5.92 Å². The minimum Gasteiger partial charge on any atom is -0.477 e. The lowest BCUT2D eigenvalue weighted by Gasteiger charge is -2.11. The van der Waals surface area contributed by atoms with Crippen molar-refractivity contribution in [1.29, 1.82) is 0 Å². The molecule has 0 unspecified atom stereocenters. The number of halogens is 2. The Balaban J connectivity index is 1.98. The second-order valence-corrected chi connectivity index (χ2v) is 3.77. The zero-order chi connectivity index (χ0) is 10.6. The summed E-state index contributed by atoms with van der Waals surface area (Å²) in [4.78, 5) is 10.0. The molecule has 0 aromatic rings. The molecule has 0 radical (unpaired) electrons. The first-order valence-electron chi connectivity index (χ1n) is 4.84. The average Bonchev–Trinajstić information content (AvgIpc) is 2.87. The van der Waals surface area contributed by atoms with Gasteiger partial charge in [0.15, 0.2) is 0 Å². The molecule has 0 saturated heterocycles. The average molecular weight is 207 g/mol. The van der Waals surface area contributed by atoms with E-state index in [4.69, 9.17) is 5.11 Å². The number of alkyl halides is 2. The lowest BCUT2D eigenvalue weighted by Crippen LogP contribution is -2.40. The van der Waals surface area contributed by atoms with E-state index in [-0.39, 0.29) is 0 Å². The lowest BCUT2D eigenvalue weighted by molar-refractivity contribution is -0.164. The quantitative estimate of drug-likeness (QED) is 0.622. The van der Waals surface area contributed by atoms with Gasteiger partial charge in [0.2, 0.25) is 0 Å². The Hall–Kier alpha value is -0.710. The van der Waals surface area contributed by atoms with Crippen molar-refractivity contribution >= 4 is 5.97 Å². The van der Waals surface area contributed by atoms with Crippen molar-refractivity contribution in [2.45, 2.75) is 31.6 Å². The van der Waals surface area contributed by atoms with E-state index in [0.29, 0.717) is 6.54 Å². The fourth-order valence-corrected chi connectivity index (χ4v) is 1.24. The van der Waals surface area contributed by atoms with Gasteiger partial charge in [0.25, 0.3) is 0 Å². The molecule has 0 aromatic heterocycles. The highest BCUT2D eigenvalue weighted by molar-refractivity contribution is 5.75. The zero-order valence-corrected chi connectivity index (χ0v) is 7.93. The van der Waals surface area contributed by atoms with Crippen LogP contribution in [0.5, 0.6) is 0 Å². The largest absolute Gasteiger partial charge is 0.477 e. The first-order valence-corrected chi connectivity index (χ1v) is 4.84. The fraction of sp³-hybridized carbons (Fsp3) is 0.889. The van der Waals surface area contributed by atoms with Gasteiger partial charge in [-0.1, -0.05) is 12.8 Å². The number of hydrogen-bond donors (Lipinski definition) is 2. The maximum absolute atomic E-state index is 12.5. The summed E-state index contributed by atoms with van der Waals surface area (Å²) < 4.78 is 25.0. The van der Waals surface area contributed by atoms with Crippen molar-refractivity contribution in [3.05, 3.63) is 0 Å². The number of rotatable bonds is 7. The smallest absolute Gasteiger partial charge is 0.375 e. The molecule has 0 spiro atoms. The highest BCUT2D eigenvalue weighted by Crippen LogP contribution is 2.33. The Kier molecular flexibility index (Phi) is 3.80. The maximum Gasteiger partial charge on any atom is 0.375 e. The Morgan fingerprint density at radius 2 is 2.14 bits per heavy atom. The molecule has 3 nitrogen and oxygen atoms in total. The van der Waals surface area contributed by atoms with E-state index >= 15 is 0 Å². The molecule has 1 rings (SSSR count). The van der Waals surface area contributed by atoms with Crippen LogP contribution < -0.4 is 5.32 Å². The molecule has 0 atom stereocenters. The Labute approximate surface area is 81.5 Å². The third-order valence-corrected chi connectivity index (χ3v) is 2.32. The lowest BCUT2D eigenvalue weighted by atomic mass is 10.2. The molecule has 1 saturated carbocycles. The molecule has 82 valence electrons. The predicted octanol–water partition coefficient (Wildman–Crippen LogP) is 1.49. The van der Waals surface area contributed by atoms with Crippen LogP contribution in [-0.4, -0.2) is 30.1 Å². The normalized spacial score (nSPS) is 17.0. The molecular formula is C9H15F2NO2. The van der Waals surface area contributed by atoms with E-state index in [2.05, 4.69) is 5.32 Å². The van der Waals surface area contributed by atoms with Crippen LogP contribution in [0.3, 0.4) is 0 Å². The van der Waals surface area contributed by atoms with E-state index in [1.54, 1.807) is 0 Å². The van der Waals surface area contributed by atoms with Gasteiger partial charge in [0.1, 0.15) is 0 Å². The molecule has 2 N–H and O–H groups in total. The molecule has 5 heteroatoms. The Bertz CT molecular complexity index is 205. The third kappa shape index (κ3) is 4.00. The summed E-state index contributed by atoms with van der Waals surface area (Å²) in [5.74, 6) is -4.91. The molecular weight excluding hydrogens is 192 g/mol. The van der Waals surface area contributed by atoms with Gasteiger partial charge >= 0.3 is 11.9 Å². The number of aliphatic carboxylic acids is 1. The van der Waals surface area contributed by atoms with Crippen LogP contribution in [0.2, 0.25) is 0 Å². The van der Waals surface area contributed by atoms with Crippen molar-refractivity contribution in [3.63, 3.8) is 0 Å². The second kappa shape index (κ2) is 4.68. The maximum atomic E-state index is 12.5. The molecule has 0 amide bonds. The molecule has 1 aliphatic rings. The van der Waals surface area contributed by atoms with Gasteiger partial charge in [-0.15, -0.1) is 0 Å². The molecule has 0 aliphatic heterocycles. The van der Waals surface area contributed by atoms with Crippen LogP contribution in [0.4, 0.5) is 8.78 Å². The molecule has 0 heterocycles. The summed E-state index contributed by atoms with van der Waals surface area (Å²) in [6.07, 6.45) is 4.42. The van der Waals surface area contributed by atoms with Gasteiger partial charge in [-0.3, -0.25) is 0 Å². The van der Waals surface area contributed by atoms with Crippen molar-refractivity contribution in [3.8, 4) is 0 Å². The first-order chi connectivity index (χ1) is 6.52. The van der Waals surface area contributed by atoms with Gasteiger partial charge in [0, 0.05) is 0 Å². The van der Waals surface area contributed by atoms with E-state index < -0.39 is 18.4 Å². The Morgan fingerprint density at radius 1 is 1.50 bits per heavy atom. The van der Waals surface area contributed by atoms with Gasteiger partial charge in [-0.05, 0) is 25.3 Å². The summed E-state index contributed by atoms with van der Waals surface area (Å²) >= 11 is 0. The Morgan fingerprint density at radius 3 is 2.64 bits per heavy atom. The zero-order valence-electron chi connectivity index (χ0n) is 7.93. The van der Waals surface area contributed by atoms with Crippen molar-refractivity contribution < 1.29 is 18.7 Å². The van der Waals surface area contributed by atoms with Gasteiger partial charge in [0.05, 0.1) is 6.54 Å². The molecule has 1 fully saturated rings. The molecule has 1 aliphatic carbocycles. The monoisotopic (exact) mass is 207 g/mol. The van der Waals surface area contributed by atoms with Gasteiger partial charge < -0.3 is 10.4 Å². The van der Waals surface area contributed by atoms with Crippen LogP contribution in [0.1, 0.15) is 25.7 Å². The molecule has 14 heavy (non-hydrogen) atoms. The summed E-state index contributed by atoms with van der Waals surface area (Å²) in [6, 6.07) is 0. The van der Waals surface area contributed by atoms with Crippen molar-refractivity contribution in [2.75, 3.05) is 13.1 Å². The second-order valence-electron chi connectivity index (χ2n) is 3.77. The number of hydrogen-bond acceptors (Lipinski definition) is 2. The van der Waals surface area contributed by atoms with Crippen LogP contribution >= 0.6 is 0 Å². The van der Waals surface area contributed by atoms with Gasteiger partial charge in [-0.2, -0.15) is 8.78 Å². The van der Waals surface area contributed by atoms with E-state index in [1.165, 1.54) is 12.8 Å². The summed E-state index contributed by atoms with van der Waals surface area (Å²) in [7, 11) is 0. The van der Waals surface area contributed by atoms with Gasteiger partial charge in [-0.25, -0.2) is 4.79 Å². The van der Waals surface area contributed by atoms with Crippen LogP contribution in [-0.2, 0) is 4.79 Å². The van der Waals surface area contributed by atoms with E-state index in [1.807, 2.05) is 0 Å². The van der Waals surface area contributed by atoms with E-state index in [9.17, 15) is 13.6 Å². The van der Waals surface area contributed by atoms with Crippen molar-refractivity contribution in [2.24, 2.45) is 5.92 Å². The molecule has 0 aromatic carbocycles. The predicted molar refractivity (Wildman–Crippen MR) is 47.4 cm³/mol. The third-order valence-electron chi connectivity index (χ3n) is 2.32. The summed E-state index contributed by atoms with van der Waals surface area (Å²) in [5, 5.41) is 10.6. The standard InChI is InChI=1S/C9H15F2NO2/c10-9(11,8(13)14)6-12-5-1-2-7-3-4-7/h7,12H,1-6H2,(H,13,14). The molecule has 0 bridgehead atoms. The minimum absolute atomic E-state index is 0.472. The number of carboxylic acids is 1. The SMILES string of the molecule is O=C(O)C(F)(F)CNCCCC1CC1. The van der Waals surface area contributed by atoms with Crippen LogP contribution in [0.25, 0.3) is 0 Å². The minimum atomic E-state index is -3.64. The van der Waals surface area contributed by atoms with Crippen LogP contribution in [0.15, 0.2) is 0 Å². The fourth-order valence-electron chi connectivity index (χ4n) is 1.24. The number of nitrogens with one attached hydrogen (secondary N) is 1. The van der Waals surface area contributed by atoms with E-state index in [0.717, 1.165) is 18.8 Å². The topological polar surface area (TPSA) is 49.3 Å². The highest BCUT2D eigenvalue weighted by atomic mass is 19.3. The summed E-state index contributed by atoms with van der Waals surface area (Å²) in [5.41, 5.74) is 0. The number of carbonyl (C=O) groups is 1. The number of carboxylic acid groups (broad SMARTS) is 1. The highest BCUT2D eigenvalue weighted by Gasteiger charge is 2.37. The first kappa shape index (κ1) is 11.4. The summed E-state index contributed by atoms with van der Waals surface area (Å²) in [6.45, 7) is -0.299. The van der Waals surface area contributed by atoms with Crippen molar-refractivity contribution in [1.82, 2.24) is 5.32 Å².